The third-order valence-corrected chi connectivity index (χ3v) is 3.22. The second kappa shape index (κ2) is 7.92. The minimum atomic E-state index is -0.516. The number of carbonyl (C=O) groups excluding carboxylic acids is 1. The number of carbonyl (C=O) groups is 1. The predicted octanol–water partition coefficient (Wildman–Crippen LogP) is 1.79. The Bertz CT molecular complexity index is 390. The maximum Gasteiger partial charge on any atom is 0.237 e. The summed E-state index contributed by atoms with van der Waals surface area (Å²) in [5, 5.41) is 2.92. The van der Waals surface area contributed by atoms with E-state index in [-0.39, 0.29) is 11.9 Å². The largest absolute Gasteiger partial charge is 0.385 e. The molecule has 0 aliphatic carbocycles. The van der Waals surface area contributed by atoms with Crippen LogP contribution < -0.4 is 11.1 Å². The lowest BCUT2D eigenvalue weighted by Crippen LogP contribution is -2.42. The Morgan fingerprint density at radius 3 is 2.53 bits per heavy atom. The highest BCUT2D eigenvalue weighted by Crippen LogP contribution is 2.13. The zero-order chi connectivity index (χ0) is 14.3. The normalized spacial score (nSPS) is 13.9. The van der Waals surface area contributed by atoms with Crippen LogP contribution in [0.15, 0.2) is 24.3 Å². The molecule has 4 heteroatoms. The molecule has 2 unspecified atom stereocenters. The van der Waals surface area contributed by atoms with Crippen molar-refractivity contribution in [3.63, 3.8) is 0 Å². The molecule has 19 heavy (non-hydrogen) atoms. The highest BCUT2D eigenvalue weighted by atomic mass is 16.5. The number of benzene rings is 1. The Labute approximate surface area is 115 Å². The van der Waals surface area contributed by atoms with Gasteiger partial charge in [-0.25, -0.2) is 0 Å². The number of rotatable bonds is 7. The van der Waals surface area contributed by atoms with Crippen LogP contribution in [0.1, 0.15) is 37.4 Å². The van der Waals surface area contributed by atoms with Crippen molar-refractivity contribution in [2.45, 2.75) is 38.8 Å². The van der Waals surface area contributed by atoms with Crippen LogP contribution in [0.25, 0.3) is 0 Å². The lowest BCUT2D eigenvalue weighted by Gasteiger charge is -2.18. The first-order chi connectivity index (χ1) is 9.08. The second-order valence-electron chi connectivity index (χ2n) is 4.71. The lowest BCUT2D eigenvalue weighted by molar-refractivity contribution is -0.123. The van der Waals surface area contributed by atoms with E-state index in [1.807, 2.05) is 19.1 Å². The van der Waals surface area contributed by atoms with E-state index in [0.29, 0.717) is 13.0 Å². The number of amides is 1. The van der Waals surface area contributed by atoms with Crippen molar-refractivity contribution >= 4 is 5.91 Å². The zero-order valence-corrected chi connectivity index (χ0v) is 12.0. The maximum absolute atomic E-state index is 11.9. The number of methoxy groups -OCH3 is 1. The molecular weight excluding hydrogens is 240 g/mol. The quantitative estimate of drug-likeness (QED) is 0.789. The molecule has 1 aromatic carbocycles. The highest BCUT2D eigenvalue weighted by Gasteiger charge is 2.16. The van der Waals surface area contributed by atoms with Gasteiger partial charge >= 0.3 is 0 Å². The molecule has 0 saturated carbocycles. The molecule has 0 aromatic heterocycles. The number of ether oxygens (including phenoxy) is 1. The van der Waals surface area contributed by atoms with Gasteiger partial charge in [-0.3, -0.25) is 4.79 Å². The van der Waals surface area contributed by atoms with Crippen LogP contribution in [0.3, 0.4) is 0 Å². The summed E-state index contributed by atoms with van der Waals surface area (Å²) in [4.78, 5) is 11.9. The molecule has 1 amide bonds. The third kappa shape index (κ3) is 5.01. The Balaban J connectivity index is 2.53. The monoisotopic (exact) mass is 264 g/mol. The first-order valence-electron chi connectivity index (χ1n) is 6.72. The van der Waals surface area contributed by atoms with Crippen molar-refractivity contribution in [1.29, 1.82) is 0 Å². The Morgan fingerprint density at radius 1 is 1.37 bits per heavy atom. The fraction of sp³-hybridized carbons (Fsp3) is 0.533. The van der Waals surface area contributed by atoms with Gasteiger partial charge in [0.2, 0.25) is 5.91 Å². The van der Waals surface area contributed by atoms with Crippen LogP contribution in [0, 0.1) is 0 Å². The standard InChI is InChI=1S/C15H24N2O2/c1-4-12-5-7-13(8-6-12)11(2)17-15(18)14(16)9-10-19-3/h5-8,11,14H,4,9-10,16H2,1-3H3,(H,17,18). The van der Waals surface area contributed by atoms with E-state index >= 15 is 0 Å². The van der Waals surface area contributed by atoms with E-state index in [9.17, 15) is 4.79 Å². The molecule has 1 rings (SSSR count). The molecule has 0 radical (unpaired) electrons. The van der Waals surface area contributed by atoms with E-state index in [0.717, 1.165) is 12.0 Å². The van der Waals surface area contributed by atoms with Crippen molar-refractivity contribution < 1.29 is 9.53 Å². The third-order valence-electron chi connectivity index (χ3n) is 3.22. The van der Waals surface area contributed by atoms with Crippen LogP contribution in [0.5, 0.6) is 0 Å². The fourth-order valence-electron chi connectivity index (χ4n) is 1.82. The Morgan fingerprint density at radius 2 is 2.00 bits per heavy atom. The van der Waals surface area contributed by atoms with Crippen molar-refractivity contribution in [2.75, 3.05) is 13.7 Å². The van der Waals surface area contributed by atoms with Gasteiger partial charge in [-0.2, -0.15) is 0 Å². The molecule has 0 bridgehead atoms. The molecule has 0 aliphatic heterocycles. The van der Waals surface area contributed by atoms with Gasteiger partial charge in [0.1, 0.15) is 0 Å². The number of aryl methyl sites for hydroxylation is 1. The molecule has 106 valence electrons. The Hall–Kier alpha value is -1.39. The van der Waals surface area contributed by atoms with Gasteiger partial charge in [-0.1, -0.05) is 31.2 Å². The molecule has 1 aromatic rings. The van der Waals surface area contributed by atoms with Gasteiger partial charge in [-0.15, -0.1) is 0 Å². The molecule has 2 atom stereocenters. The SMILES string of the molecule is CCc1ccc(C(C)NC(=O)C(N)CCOC)cc1. The van der Waals surface area contributed by atoms with Crippen molar-refractivity contribution in [3.8, 4) is 0 Å². The summed E-state index contributed by atoms with van der Waals surface area (Å²) in [6.07, 6.45) is 1.55. The van der Waals surface area contributed by atoms with E-state index in [1.54, 1.807) is 7.11 Å². The smallest absolute Gasteiger partial charge is 0.237 e. The van der Waals surface area contributed by atoms with Crippen LogP contribution >= 0.6 is 0 Å². The van der Waals surface area contributed by atoms with Gasteiger partial charge < -0.3 is 15.8 Å². The van der Waals surface area contributed by atoms with Crippen LogP contribution in [0.2, 0.25) is 0 Å². The van der Waals surface area contributed by atoms with Crippen LogP contribution in [-0.2, 0) is 16.0 Å². The molecule has 3 N–H and O–H groups in total. The van der Waals surface area contributed by atoms with Crippen molar-refractivity contribution in [1.82, 2.24) is 5.32 Å². The number of nitrogens with two attached hydrogens (primary N) is 1. The van der Waals surface area contributed by atoms with Crippen LogP contribution in [0.4, 0.5) is 0 Å². The lowest BCUT2D eigenvalue weighted by atomic mass is 10.0. The molecule has 0 heterocycles. The predicted molar refractivity (Wildman–Crippen MR) is 76.8 cm³/mol. The summed E-state index contributed by atoms with van der Waals surface area (Å²) < 4.78 is 4.92. The summed E-state index contributed by atoms with van der Waals surface area (Å²) in [7, 11) is 1.60. The van der Waals surface area contributed by atoms with Crippen LogP contribution in [-0.4, -0.2) is 25.7 Å². The molecule has 4 nitrogen and oxygen atoms in total. The number of nitrogens with one attached hydrogen (secondary N) is 1. The summed E-state index contributed by atoms with van der Waals surface area (Å²) in [6.45, 7) is 4.57. The van der Waals surface area contributed by atoms with Crippen molar-refractivity contribution in [2.24, 2.45) is 5.73 Å². The zero-order valence-electron chi connectivity index (χ0n) is 12.0. The Kier molecular flexibility index (Phi) is 6.53. The summed E-state index contributed by atoms with van der Waals surface area (Å²) in [5.41, 5.74) is 8.16. The van der Waals surface area contributed by atoms with Gasteiger partial charge in [0.05, 0.1) is 12.1 Å². The number of hydrogen-bond donors (Lipinski definition) is 2. The number of hydrogen-bond acceptors (Lipinski definition) is 3. The van der Waals surface area contributed by atoms with E-state index in [4.69, 9.17) is 10.5 Å². The van der Waals surface area contributed by atoms with Gasteiger partial charge in [-0.05, 0) is 30.9 Å². The molecule has 0 spiro atoms. The average molecular weight is 264 g/mol. The topological polar surface area (TPSA) is 64.4 Å². The van der Waals surface area contributed by atoms with Crippen molar-refractivity contribution in [3.05, 3.63) is 35.4 Å². The van der Waals surface area contributed by atoms with Gasteiger partial charge in [0.25, 0.3) is 0 Å². The van der Waals surface area contributed by atoms with E-state index in [1.165, 1.54) is 5.56 Å². The van der Waals surface area contributed by atoms with Gasteiger partial charge in [0, 0.05) is 13.7 Å². The van der Waals surface area contributed by atoms with Gasteiger partial charge in [0.15, 0.2) is 0 Å². The first kappa shape index (κ1) is 15.7. The molecular formula is C15H24N2O2. The molecule has 0 saturated heterocycles. The minimum Gasteiger partial charge on any atom is -0.385 e. The molecule has 0 aliphatic rings. The summed E-state index contributed by atoms with van der Waals surface area (Å²) in [5.74, 6) is -0.135. The molecule has 0 fully saturated rings. The summed E-state index contributed by atoms with van der Waals surface area (Å²) in [6, 6.07) is 7.71. The van der Waals surface area contributed by atoms with E-state index < -0.39 is 6.04 Å². The fourth-order valence-corrected chi connectivity index (χ4v) is 1.82. The maximum atomic E-state index is 11.9. The first-order valence-corrected chi connectivity index (χ1v) is 6.72. The minimum absolute atomic E-state index is 0.0352. The van der Waals surface area contributed by atoms with E-state index in [2.05, 4.69) is 24.4 Å². The second-order valence-corrected chi connectivity index (χ2v) is 4.71. The average Bonchev–Trinajstić information content (AvgIpc) is 2.44. The summed E-state index contributed by atoms with van der Waals surface area (Å²) >= 11 is 0. The highest BCUT2D eigenvalue weighted by molar-refractivity contribution is 5.81.